The van der Waals surface area contributed by atoms with E-state index in [1.807, 2.05) is 13.1 Å². The van der Waals surface area contributed by atoms with Gasteiger partial charge in [0.05, 0.1) is 37.2 Å². The number of nitrogens with zero attached hydrogens (tertiary/aromatic N) is 3. The van der Waals surface area contributed by atoms with Gasteiger partial charge in [-0.1, -0.05) is 13.8 Å². The third-order valence-corrected chi connectivity index (χ3v) is 4.00. The van der Waals surface area contributed by atoms with Crippen LogP contribution in [0, 0.1) is 0 Å². The van der Waals surface area contributed by atoms with Crippen molar-refractivity contribution in [1.29, 1.82) is 0 Å². The average molecular weight is 322 g/mol. The number of aromatic nitrogens is 2. The molecule has 1 aliphatic rings. The van der Waals surface area contributed by atoms with E-state index in [0.29, 0.717) is 19.7 Å². The van der Waals surface area contributed by atoms with E-state index in [1.54, 1.807) is 4.90 Å². The fourth-order valence-corrected chi connectivity index (χ4v) is 2.74. The Morgan fingerprint density at radius 2 is 2.13 bits per heavy atom. The monoisotopic (exact) mass is 322 g/mol. The second-order valence-electron chi connectivity index (χ2n) is 5.48. The Balaban J connectivity index is 2.17. The molecule has 2 heterocycles. The number of hydrogen-bond donors (Lipinski definition) is 1. The number of likely N-dealkylation sites (tertiary alicyclic amines) is 1. The Bertz CT molecular complexity index is 538. The number of nitrogens with one attached hydrogen (secondary N) is 1. The minimum atomic E-state index is -0.330. The Labute approximate surface area is 137 Å². The van der Waals surface area contributed by atoms with Gasteiger partial charge in [-0.15, -0.1) is 0 Å². The van der Waals surface area contributed by atoms with Gasteiger partial charge in [0.1, 0.15) is 5.82 Å². The van der Waals surface area contributed by atoms with Crippen molar-refractivity contribution < 1.29 is 14.3 Å². The normalized spacial score (nSPS) is 20.6. The van der Waals surface area contributed by atoms with Gasteiger partial charge in [0.25, 0.3) is 0 Å². The lowest BCUT2D eigenvalue weighted by Gasteiger charge is -2.21. The Morgan fingerprint density at radius 1 is 1.35 bits per heavy atom. The highest BCUT2D eigenvalue weighted by molar-refractivity contribution is 5.68. The molecule has 0 aromatic carbocycles. The lowest BCUT2D eigenvalue weighted by molar-refractivity contribution is 0.0613. The molecule has 7 heteroatoms. The summed E-state index contributed by atoms with van der Waals surface area (Å²) in [4.78, 5) is 22.6. The number of carbonyl (C=O) groups excluding carboxylic acids is 1. The highest BCUT2D eigenvalue weighted by atomic mass is 16.5. The summed E-state index contributed by atoms with van der Waals surface area (Å²) in [6, 6.07) is -0.0271. The summed E-state index contributed by atoms with van der Waals surface area (Å²) in [5.74, 6) is 0.785. The van der Waals surface area contributed by atoms with E-state index < -0.39 is 0 Å². The molecule has 0 spiro atoms. The minimum Gasteiger partial charge on any atom is -0.453 e. The SMILES string of the molecule is CCO[C@H]1CN(C(=O)OC)C[C@H]1Nc1nc(CC)cnc1CC. The van der Waals surface area contributed by atoms with Gasteiger partial charge in [0.15, 0.2) is 0 Å². The van der Waals surface area contributed by atoms with Gasteiger partial charge < -0.3 is 19.7 Å². The summed E-state index contributed by atoms with van der Waals surface area (Å²) in [6.45, 7) is 7.69. The van der Waals surface area contributed by atoms with Crippen molar-refractivity contribution in [3.8, 4) is 0 Å². The second-order valence-corrected chi connectivity index (χ2v) is 5.48. The number of aryl methyl sites for hydroxylation is 2. The van der Waals surface area contributed by atoms with Crippen LogP contribution in [0.5, 0.6) is 0 Å². The molecule has 0 aliphatic carbocycles. The van der Waals surface area contributed by atoms with E-state index in [1.165, 1.54) is 7.11 Å². The van der Waals surface area contributed by atoms with E-state index in [-0.39, 0.29) is 18.2 Å². The number of rotatable bonds is 6. The molecule has 0 unspecified atom stereocenters. The zero-order chi connectivity index (χ0) is 16.8. The number of carbonyl (C=O) groups is 1. The van der Waals surface area contributed by atoms with Gasteiger partial charge in [-0.2, -0.15) is 0 Å². The molecular formula is C16H26N4O3. The number of methoxy groups -OCH3 is 1. The van der Waals surface area contributed by atoms with Crippen LogP contribution in [-0.2, 0) is 22.3 Å². The Kier molecular flexibility index (Phi) is 6.15. The highest BCUT2D eigenvalue weighted by Crippen LogP contribution is 2.21. The summed E-state index contributed by atoms with van der Waals surface area (Å²) in [5, 5.41) is 3.43. The van der Waals surface area contributed by atoms with Crippen molar-refractivity contribution in [3.63, 3.8) is 0 Å². The lowest BCUT2D eigenvalue weighted by Crippen LogP contribution is -2.35. The van der Waals surface area contributed by atoms with Gasteiger partial charge in [0, 0.05) is 19.3 Å². The molecule has 128 valence electrons. The van der Waals surface area contributed by atoms with Gasteiger partial charge in [-0.05, 0) is 19.8 Å². The molecule has 0 radical (unpaired) electrons. The molecule has 1 aliphatic heterocycles. The molecule has 2 atom stereocenters. The van der Waals surface area contributed by atoms with Crippen LogP contribution < -0.4 is 5.32 Å². The predicted molar refractivity (Wildman–Crippen MR) is 87.6 cm³/mol. The van der Waals surface area contributed by atoms with Crippen molar-refractivity contribution in [2.24, 2.45) is 0 Å². The Morgan fingerprint density at radius 3 is 2.74 bits per heavy atom. The first-order chi connectivity index (χ1) is 11.1. The van der Waals surface area contributed by atoms with Crippen LogP contribution in [0.15, 0.2) is 6.20 Å². The smallest absolute Gasteiger partial charge is 0.409 e. The molecule has 7 nitrogen and oxygen atoms in total. The first-order valence-corrected chi connectivity index (χ1v) is 8.18. The van der Waals surface area contributed by atoms with E-state index in [4.69, 9.17) is 9.47 Å². The molecule has 2 rings (SSSR count). The van der Waals surface area contributed by atoms with Crippen LogP contribution in [0.4, 0.5) is 10.6 Å². The number of ether oxygens (including phenoxy) is 2. The predicted octanol–water partition coefficient (Wildman–Crippen LogP) is 1.87. The third-order valence-electron chi connectivity index (χ3n) is 4.00. The van der Waals surface area contributed by atoms with Crippen molar-refractivity contribution in [2.45, 2.75) is 45.8 Å². The van der Waals surface area contributed by atoms with E-state index in [2.05, 4.69) is 29.1 Å². The minimum absolute atomic E-state index is 0.0271. The maximum atomic E-state index is 11.8. The summed E-state index contributed by atoms with van der Waals surface area (Å²) in [7, 11) is 1.39. The van der Waals surface area contributed by atoms with Crippen LogP contribution in [0.25, 0.3) is 0 Å². The maximum absolute atomic E-state index is 11.8. The van der Waals surface area contributed by atoms with Crippen molar-refractivity contribution in [1.82, 2.24) is 14.9 Å². The average Bonchev–Trinajstić information content (AvgIpc) is 2.97. The number of anilines is 1. The fraction of sp³-hybridized carbons (Fsp3) is 0.688. The van der Waals surface area contributed by atoms with Crippen LogP contribution in [0.1, 0.15) is 32.2 Å². The fourth-order valence-electron chi connectivity index (χ4n) is 2.74. The molecule has 1 fully saturated rings. The standard InChI is InChI=1S/C16H26N4O3/c1-5-11-8-17-12(6-2)15(18-11)19-13-9-20(16(21)22-4)10-14(13)23-7-3/h8,13-14H,5-7,9-10H2,1-4H3,(H,18,19)/t13-,14+/m1/s1. The van der Waals surface area contributed by atoms with E-state index >= 15 is 0 Å². The topological polar surface area (TPSA) is 76.6 Å². The molecular weight excluding hydrogens is 296 g/mol. The molecule has 0 saturated carbocycles. The molecule has 1 saturated heterocycles. The van der Waals surface area contributed by atoms with E-state index in [9.17, 15) is 4.79 Å². The molecule has 0 bridgehead atoms. The van der Waals surface area contributed by atoms with E-state index in [0.717, 1.165) is 30.0 Å². The van der Waals surface area contributed by atoms with Gasteiger partial charge in [-0.25, -0.2) is 9.78 Å². The van der Waals surface area contributed by atoms with Gasteiger partial charge >= 0.3 is 6.09 Å². The van der Waals surface area contributed by atoms with Gasteiger partial charge in [-0.3, -0.25) is 4.98 Å². The van der Waals surface area contributed by atoms with Gasteiger partial charge in [0.2, 0.25) is 0 Å². The zero-order valence-corrected chi connectivity index (χ0v) is 14.3. The van der Waals surface area contributed by atoms with Crippen molar-refractivity contribution in [2.75, 3.05) is 32.1 Å². The summed E-state index contributed by atoms with van der Waals surface area (Å²) in [5.41, 5.74) is 1.87. The summed E-state index contributed by atoms with van der Waals surface area (Å²) in [6.07, 6.45) is 3.03. The molecule has 23 heavy (non-hydrogen) atoms. The third kappa shape index (κ3) is 4.10. The summed E-state index contributed by atoms with van der Waals surface area (Å²) < 4.78 is 10.6. The molecule has 1 aromatic heterocycles. The Hall–Kier alpha value is -1.89. The first kappa shape index (κ1) is 17.5. The van der Waals surface area contributed by atoms with Crippen molar-refractivity contribution in [3.05, 3.63) is 17.6 Å². The molecule has 1 aromatic rings. The maximum Gasteiger partial charge on any atom is 0.409 e. The zero-order valence-electron chi connectivity index (χ0n) is 14.3. The number of amides is 1. The van der Waals surface area contributed by atoms with Crippen LogP contribution in [-0.4, -0.2) is 59.9 Å². The van der Waals surface area contributed by atoms with Crippen LogP contribution >= 0.6 is 0 Å². The van der Waals surface area contributed by atoms with Crippen LogP contribution in [0.2, 0.25) is 0 Å². The summed E-state index contributed by atoms with van der Waals surface area (Å²) >= 11 is 0. The number of hydrogen-bond acceptors (Lipinski definition) is 6. The second kappa shape index (κ2) is 8.10. The quantitative estimate of drug-likeness (QED) is 0.861. The lowest BCUT2D eigenvalue weighted by atomic mass is 10.2. The largest absolute Gasteiger partial charge is 0.453 e. The highest BCUT2D eigenvalue weighted by Gasteiger charge is 2.37. The molecule has 1 N–H and O–H groups in total. The van der Waals surface area contributed by atoms with Crippen LogP contribution in [0.3, 0.4) is 0 Å². The van der Waals surface area contributed by atoms with Crippen molar-refractivity contribution >= 4 is 11.9 Å². The molecule has 1 amide bonds. The first-order valence-electron chi connectivity index (χ1n) is 8.18.